The predicted octanol–water partition coefficient (Wildman–Crippen LogP) is 14.4. The smallest absolute Gasteiger partial charge is 0.160 e. The number of benzene rings is 9. The Morgan fingerprint density at radius 1 is 0.250 bits per heavy atom. The van der Waals surface area contributed by atoms with Gasteiger partial charge in [0.2, 0.25) is 0 Å². The number of hydrogen-bond donors (Lipinski definition) is 0. The van der Waals surface area contributed by atoms with Gasteiger partial charge in [0.05, 0.1) is 11.4 Å². The highest BCUT2D eigenvalue weighted by atomic mass is 14.9. The Kier molecular flexibility index (Phi) is 7.53. The van der Waals surface area contributed by atoms with Gasteiger partial charge in [0.25, 0.3) is 0 Å². The number of hydrogen-bond acceptors (Lipinski definition) is 2. The van der Waals surface area contributed by atoms with Crippen LogP contribution in [0.2, 0.25) is 0 Å². The molecule has 1 heterocycles. The summed E-state index contributed by atoms with van der Waals surface area (Å²) in [4.78, 5) is 10.1. The first kappa shape index (κ1) is 32.0. The third kappa shape index (κ3) is 5.51. The standard InChI is InChI=1S/C54H34N2/c1-3-11-38(12-4-1)51-34-52(39-13-5-2-6-14-39)56-54(55-51)41-27-25-37(26-28-41)49-33-44(31-43-15-7-8-18-45(43)49)36-23-21-35(22-24-36)42-29-30-46-47-19-9-16-40-17-10-20-48(53(40)47)50(46)32-42/h1-34H. The molecule has 0 N–H and O–H groups in total. The lowest BCUT2D eigenvalue weighted by Crippen LogP contribution is -1.96. The average Bonchev–Trinajstić information content (AvgIpc) is 3.60. The van der Waals surface area contributed by atoms with Crippen molar-refractivity contribution >= 4 is 21.5 Å². The molecular weight excluding hydrogens is 677 g/mol. The lowest BCUT2D eigenvalue weighted by atomic mass is 9.91. The molecule has 1 aromatic heterocycles. The van der Waals surface area contributed by atoms with E-state index in [0.717, 1.165) is 33.6 Å². The highest BCUT2D eigenvalue weighted by Gasteiger charge is 2.21. The third-order valence-electron chi connectivity index (χ3n) is 11.2. The van der Waals surface area contributed by atoms with Crippen LogP contribution >= 0.6 is 0 Å². The first-order valence-electron chi connectivity index (χ1n) is 19.1. The summed E-state index contributed by atoms with van der Waals surface area (Å²) >= 11 is 0. The molecule has 9 aromatic carbocycles. The summed E-state index contributed by atoms with van der Waals surface area (Å²) in [7, 11) is 0. The van der Waals surface area contributed by atoms with Crippen LogP contribution in [0.3, 0.4) is 0 Å². The SMILES string of the molecule is c1ccc(-c2cc(-c3ccccc3)nc(-c3ccc(-c4cc(-c5ccc(-c6ccc7c(c6)-c6cccc8cccc-7c68)cc5)cc5ccccc45)cc3)n2)cc1. The van der Waals surface area contributed by atoms with E-state index >= 15 is 0 Å². The van der Waals surface area contributed by atoms with Crippen molar-refractivity contribution in [2.24, 2.45) is 0 Å². The summed E-state index contributed by atoms with van der Waals surface area (Å²) in [6, 6.07) is 74.0. The summed E-state index contributed by atoms with van der Waals surface area (Å²) in [5.41, 5.74) is 17.4. The molecule has 0 saturated carbocycles. The molecule has 11 rings (SSSR count). The van der Waals surface area contributed by atoms with Crippen molar-refractivity contribution in [2.75, 3.05) is 0 Å². The van der Waals surface area contributed by atoms with E-state index in [-0.39, 0.29) is 0 Å². The average molecular weight is 711 g/mol. The third-order valence-corrected chi connectivity index (χ3v) is 11.2. The molecule has 2 nitrogen and oxygen atoms in total. The Morgan fingerprint density at radius 3 is 1.45 bits per heavy atom. The van der Waals surface area contributed by atoms with Crippen molar-refractivity contribution < 1.29 is 0 Å². The molecule has 1 aliphatic carbocycles. The van der Waals surface area contributed by atoms with Crippen molar-refractivity contribution in [2.45, 2.75) is 0 Å². The zero-order valence-corrected chi connectivity index (χ0v) is 30.5. The fraction of sp³-hybridized carbons (Fsp3) is 0. The van der Waals surface area contributed by atoms with Crippen LogP contribution in [-0.4, -0.2) is 9.97 Å². The molecule has 1 aliphatic rings. The van der Waals surface area contributed by atoms with E-state index in [2.05, 4.69) is 194 Å². The highest BCUT2D eigenvalue weighted by molar-refractivity contribution is 6.15. The molecule has 260 valence electrons. The molecule has 0 unspecified atom stereocenters. The van der Waals surface area contributed by atoms with Crippen LogP contribution in [0.5, 0.6) is 0 Å². The van der Waals surface area contributed by atoms with E-state index in [1.165, 1.54) is 71.6 Å². The first-order chi connectivity index (χ1) is 27.7. The topological polar surface area (TPSA) is 25.8 Å². The summed E-state index contributed by atoms with van der Waals surface area (Å²) < 4.78 is 0. The van der Waals surface area contributed by atoms with Crippen LogP contribution in [0, 0.1) is 0 Å². The van der Waals surface area contributed by atoms with E-state index in [4.69, 9.17) is 9.97 Å². The minimum Gasteiger partial charge on any atom is -0.228 e. The Labute approximate surface area is 326 Å². The number of rotatable bonds is 6. The Hall–Kier alpha value is -7.42. The minimum absolute atomic E-state index is 0.709. The maximum Gasteiger partial charge on any atom is 0.160 e. The molecule has 56 heavy (non-hydrogen) atoms. The number of aromatic nitrogens is 2. The molecular formula is C54H34N2. The van der Waals surface area contributed by atoms with Crippen LogP contribution in [-0.2, 0) is 0 Å². The molecule has 10 aromatic rings. The fourth-order valence-electron chi connectivity index (χ4n) is 8.43. The van der Waals surface area contributed by atoms with E-state index in [1.807, 2.05) is 12.1 Å². The first-order valence-corrected chi connectivity index (χ1v) is 19.1. The van der Waals surface area contributed by atoms with Gasteiger partial charge in [-0.25, -0.2) is 9.97 Å². The number of nitrogens with zero attached hydrogens (tertiary/aromatic N) is 2. The second-order valence-electron chi connectivity index (χ2n) is 14.6. The van der Waals surface area contributed by atoms with Crippen molar-refractivity contribution in [3.63, 3.8) is 0 Å². The van der Waals surface area contributed by atoms with Crippen LogP contribution in [0.15, 0.2) is 206 Å². The van der Waals surface area contributed by atoms with Gasteiger partial charge in [0.1, 0.15) is 0 Å². The summed E-state index contributed by atoms with van der Waals surface area (Å²) in [6.07, 6.45) is 0. The zero-order valence-electron chi connectivity index (χ0n) is 30.5. The lowest BCUT2D eigenvalue weighted by molar-refractivity contribution is 1.18. The zero-order chi connectivity index (χ0) is 37.0. The van der Waals surface area contributed by atoms with Crippen molar-refractivity contribution in [3.05, 3.63) is 206 Å². The molecule has 0 amide bonds. The maximum absolute atomic E-state index is 5.06. The van der Waals surface area contributed by atoms with Crippen LogP contribution < -0.4 is 0 Å². The second kappa shape index (κ2) is 13.2. The van der Waals surface area contributed by atoms with Gasteiger partial charge in [0.15, 0.2) is 5.82 Å². The Morgan fingerprint density at radius 2 is 0.768 bits per heavy atom. The van der Waals surface area contributed by atoms with Gasteiger partial charge in [-0.15, -0.1) is 0 Å². The largest absolute Gasteiger partial charge is 0.228 e. The summed E-state index contributed by atoms with van der Waals surface area (Å²) in [5.74, 6) is 0.709. The normalized spacial score (nSPS) is 11.6. The molecule has 0 aliphatic heterocycles. The van der Waals surface area contributed by atoms with E-state index < -0.39 is 0 Å². The maximum atomic E-state index is 5.06. The summed E-state index contributed by atoms with van der Waals surface area (Å²) in [6.45, 7) is 0. The predicted molar refractivity (Wildman–Crippen MR) is 234 cm³/mol. The van der Waals surface area contributed by atoms with E-state index in [0.29, 0.717) is 5.82 Å². The highest BCUT2D eigenvalue weighted by Crippen LogP contribution is 2.48. The number of fused-ring (bicyclic) bond motifs is 4. The molecule has 0 atom stereocenters. The molecule has 0 spiro atoms. The van der Waals surface area contributed by atoms with Gasteiger partial charge in [-0.2, -0.15) is 0 Å². The molecule has 0 fully saturated rings. The van der Waals surface area contributed by atoms with Gasteiger partial charge in [-0.3, -0.25) is 0 Å². The lowest BCUT2D eigenvalue weighted by Gasteiger charge is -2.13. The molecule has 0 saturated heterocycles. The molecule has 2 heteroatoms. The fourth-order valence-corrected chi connectivity index (χ4v) is 8.43. The van der Waals surface area contributed by atoms with E-state index in [1.54, 1.807) is 0 Å². The van der Waals surface area contributed by atoms with Crippen LogP contribution in [0.25, 0.3) is 111 Å². The Bertz CT molecular complexity index is 3030. The minimum atomic E-state index is 0.709. The van der Waals surface area contributed by atoms with Crippen molar-refractivity contribution in [3.8, 4) is 89.5 Å². The molecule has 0 bridgehead atoms. The van der Waals surface area contributed by atoms with Crippen molar-refractivity contribution in [1.29, 1.82) is 0 Å². The second-order valence-corrected chi connectivity index (χ2v) is 14.6. The summed E-state index contributed by atoms with van der Waals surface area (Å²) in [5, 5.41) is 5.10. The Balaban J connectivity index is 0.940. The van der Waals surface area contributed by atoms with Gasteiger partial charge in [-0.1, -0.05) is 182 Å². The molecule has 0 radical (unpaired) electrons. The van der Waals surface area contributed by atoms with E-state index in [9.17, 15) is 0 Å². The van der Waals surface area contributed by atoms with Gasteiger partial charge >= 0.3 is 0 Å². The van der Waals surface area contributed by atoms with Crippen molar-refractivity contribution in [1.82, 2.24) is 9.97 Å². The van der Waals surface area contributed by atoms with Crippen LogP contribution in [0.4, 0.5) is 0 Å². The quantitative estimate of drug-likeness (QED) is 0.172. The monoisotopic (exact) mass is 710 g/mol. The van der Waals surface area contributed by atoms with Gasteiger partial charge in [0, 0.05) is 16.7 Å². The van der Waals surface area contributed by atoms with Gasteiger partial charge in [-0.05, 0) is 101 Å². The van der Waals surface area contributed by atoms with Crippen LogP contribution in [0.1, 0.15) is 0 Å². The van der Waals surface area contributed by atoms with Gasteiger partial charge < -0.3 is 0 Å².